The molecule has 0 aliphatic heterocycles. The molecule has 0 atom stereocenters. The van der Waals surface area contributed by atoms with Gasteiger partial charge in [0.25, 0.3) is 5.91 Å². The Labute approximate surface area is 141 Å². The standard InChI is InChI=1S/C17H15BrFNO3/c1-10-4-3-5-11(2)16(10)20-15(21)9-23-17(22)13-8-12(19)6-7-14(13)18/h3-8H,9H2,1-2H3,(H,20,21). The summed E-state index contributed by atoms with van der Waals surface area (Å²) in [7, 11) is 0. The van der Waals surface area contributed by atoms with Crippen molar-refractivity contribution < 1.29 is 18.7 Å². The molecule has 0 saturated carbocycles. The van der Waals surface area contributed by atoms with E-state index in [1.54, 1.807) is 0 Å². The number of aryl methyl sites for hydroxylation is 2. The first-order valence-corrected chi connectivity index (χ1v) is 7.66. The van der Waals surface area contributed by atoms with E-state index in [0.717, 1.165) is 17.2 Å². The quantitative estimate of drug-likeness (QED) is 0.816. The van der Waals surface area contributed by atoms with Crippen molar-refractivity contribution in [2.75, 3.05) is 11.9 Å². The fraction of sp³-hybridized carbons (Fsp3) is 0.176. The Balaban J connectivity index is 1.99. The molecule has 0 radical (unpaired) electrons. The molecule has 6 heteroatoms. The third-order valence-corrected chi connectivity index (χ3v) is 3.92. The van der Waals surface area contributed by atoms with Crippen LogP contribution in [-0.4, -0.2) is 18.5 Å². The summed E-state index contributed by atoms with van der Waals surface area (Å²) in [6, 6.07) is 9.31. The minimum atomic E-state index is -0.770. The summed E-state index contributed by atoms with van der Waals surface area (Å²) in [6.45, 7) is 3.30. The highest BCUT2D eigenvalue weighted by atomic mass is 79.9. The number of nitrogens with one attached hydrogen (secondary N) is 1. The van der Waals surface area contributed by atoms with Crippen molar-refractivity contribution in [1.29, 1.82) is 0 Å². The number of anilines is 1. The predicted octanol–water partition coefficient (Wildman–Crippen LogP) is 4.00. The Morgan fingerprint density at radius 1 is 1.17 bits per heavy atom. The summed E-state index contributed by atoms with van der Waals surface area (Å²) in [6.07, 6.45) is 0. The molecule has 1 amide bonds. The van der Waals surface area contributed by atoms with Gasteiger partial charge in [0.15, 0.2) is 6.61 Å². The normalized spacial score (nSPS) is 10.3. The second-order valence-electron chi connectivity index (χ2n) is 5.02. The highest BCUT2D eigenvalue weighted by Gasteiger charge is 2.15. The van der Waals surface area contributed by atoms with Gasteiger partial charge in [0, 0.05) is 10.2 Å². The van der Waals surface area contributed by atoms with Crippen LogP contribution in [0.15, 0.2) is 40.9 Å². The van der Waals surface area contributed by atoms with Gasteiger partial charge in [0.2, 0.25) is 0 Å². The molecule has 0 aromatic heterocycles. The van der Waals surface area contributed by atoms with Crippen LogP contribution in [0.2, 0.25) is 0 Å². The first-order valence-electron chi connectivity index (χ1n) is 6.86. The van der Waals surface area contributed by atoms with Gasteiger partial charge < -0.3 is 10.1 Å². The van der Waals surface area contributed by atoms with E-state index in [0.29, 0.717) is 10.2 Å². The highest BCUT2D eigenvalue weighted by molar-refractivity contribution is 9.10. The number of hydrogen-bond donors (Lipinski definition) is 1. The van der Waals surface area contributed by atoms with Gasteiger partial charge in [-0.2, -0.15) is 0 Å². The molecule has 0 spiro atoms. The van der Waals surface area contributed by atoms with Crippen molar-refractivity contribution >= 4 is 33.5 Å². The number of halogens is 2. The molecule has 120 valence electrons. The van der Waals surface area contributed by atoms with Gasteiger partial charge in [-0.1, -0.05) is 18.2 Å². The Morgan fingerprint density at radius 3 is 2.48 bits per heavy atom. The summed E-state index contributed by atoms with van der Waals surface area (Å²) in [5, 5.41) is 2.71. The highest BCUT2D eigenvalue weighted by Crippen LogP contribution is 2.20. The number of carbonyl (C=O) groups excluding carboxylic acids is 2. The molecule has 0 fully saturated rings. The number of ether oxygens (including phenoxy) is 1. The lowest BCUT2D eigenvalue weighted by Crippen LogP contribution is -2.22. The summed E-state index contributed by atoms with van der Waals surface area (Å²) in [5.41, 5.74) is 2.56. The first-order chi connectivity index (χ1) is 10.9. The third kappa shape index (κ3) is 4.39. The fourth-order valence-corrected chi connectivity index (χ4v) is 2.46. The van der Waals surface area contributed by atoms with Crippen LogP contribution in [0.1, 0.15) is 21.5 Å². The topological polar surface area (TPSA) is 55.4 Å². The Bertz CT molecular complexity index is 741. The molecule has 4 nitrogen and oxygen atoms in total. The van der Waals surface area contributed by atoms with E-state index in [9.17, 15) is 14.0 Å². The fourth-order valence-electron chi connectivity index (χ4n) is 2.05. The van der Waals surface area contributed by atoms with E-state index in [1.165, 1.54) is 12.1 Å². The molecule has 2 rings (SSSR count). The molecule has 0 saturated heterocycles. The molecule has 0 bridgehead atoms. The van der Waals surface area contributed by atoms with Gasteiger partial charge in [0.05, 0.1) is 5.56 Å². The molecule has 0 unspecified atom stereocenters. The molecule has 2 aromatic carbocycles. The van der Waals surface area contributed by atoms with E-state index < -0.39 is 24.3 Å². The number of benzene rings is 2. The minimum absolute atomic E-state index is 0.0323. The van der Waals surface area contributed by atoms with E-state index in [2.05, 4.69) is 21.2 Å². The maximum absolute atomic E-state index is 13.2. The molecule has 1 N–H and O–H groups in total. The largest absolute Gasteiger partial charge is 0.452 e. The van der Waals surface area contributed by atoms with Crippen molar-refractivity contribution in [3.8, 4) is 0 Å². The van der Waals surface area contributed by atoms with Crippen LogP contribution in [-0.2, 0) is 9.53 Å². The third-order valence-electron chi connectivity index (χ3n) is 3.23. The lowest BCUT2D eigenvalue weighted by atomic mass is 10.1. The van der Waals surface area contributed by atoms with Gasteiger partial charge in [0.1, 0.15) is 5.82 Å². The number of hydrogen-bond acceptors (Lipinski definition) is 3. The average Bonchev–Trinajstić information content (AvgIpc) is 2.51. The van der Waals surface area contributed by atoms with Crippen molar-refractivity contribution in [1.82, 2.24) is 0 Å². The molecule has 0 heterocycles. The predicted molar refractivity (Wildman–Crippen MR) is 88.9 cm³/mol. The number of esters is 1. The zero-order valence-corrected chi connectivity index (χ0v) is 14.2. The van der Waals surface area contributed by atoms with Crippen LogP contribution in [0.25, 0.3) is 0 Å². The van der Waals surface area contributed by atoms with Gasteiger partial charge in [-0.05, 0) is 59.1 Å². The minimum Gasteiger partial charge on any atom is -0.452 e. The number of carbonyl (C=O) groups is 2. The smallest absolute Gasteiger partial charge is 0.339 e. The van der Waals surface area contributed by atoms with Gasteiger partial charge in [-0.25, -0.2) is 9.18 Å². The molecule has 0 aliphatic carbocycles. The lowest BCUT2D eigenvalue weighted by Gasteiger charge is -2.12. The van der Waals surface area contributed by atoms with E-state index in [4.69, 9.17) is 4.74 Å². The van der Waals surface area contributed by atoms with Gasteiger partial charge in [-0.3, -0.25) is 4.79 Å². The summed E-state index contributed by atoms with van der Waals surface area (Å²) >= 11 is 3.14. The number of amides is 1. The van der Waals surface area contributed by atoms with Crippen molar-refractivity contribution in [2.24, 2.45) is 0 Å². The van der Waals surface area contributed by atoms with Crippen LogP contribution in [0.3, 0.4) is 0 Å². The van der Waals surface area contributed by atoms with Crippen molar-refractivity contribution in [2.45, 2.75) is 13.8 Å². The van der Waals surface area contributed by atoms with Crippen molar-refractivity contribution in [3.05, 3.63) is 63.4 Å². The Morgan fingerprint density at radius 2 is 1.83 bits per heavy atom. The number of para-hydroxylation sites is 1. The van der Waals surface area contributed by atoms with Gasteiger partial charge >= 0.3 is 5.97 Å². The maximum Gasteiger partial charge on any atom is 0.339 e. The summed E-state index contributed by atoms with van der Waals surface area (Å²) in [5.74, 6) is -1.78. The average molecular weight is 380 g/mol. The van der Waals surface area contributed by atoms with E-state index >= 15 is 0 Å². The lowest BCUT2D eigenvalue weighted by molar-refractivity contribution is -0.119. The monoisotopic (exact) mass is 379 g/mol. The summed E-state index contributed by atoms with van der Waals surface area (Å²) < 4.78 is 18.5. The molecule has 23 heavy (non-hydrogen) atoms. The zero-order valence-electron chi connectivity index (χ0n) is 12.7. The van der Waals surface area contributed by atoms with Crippen molar-refractivity contribution in [3.63, 3.8) is 0 Å². The van der Waals surface area contributed by atoms with Crippen LogP contribution in [0, 0.1) is 19.7 Å². The second kappa shape index (κ2) is 7.37. The van der Waals surface area contributed by atoms with E-state index in [-0.39, 0.29) is 5.56 Å². The second-order valence-corrected chi connectivity index (χ2v) is 5.87. The molecule has 0 aliphatic rings. The van der Waals surface area contributed by atoms with Crippen LogP contribution < -0.4 is 5.32 Å². The molecule has 2 aromatic rings. The molecular weight excluding hydrogens is 365 g/mol. The summed E-state index contributed by atoms with van der Waals surface area (Å²) in [4.78, 5) is 23.8. The molecular formula is C17H15BrFNO3. The first kappa shape index (κ1) is 17.1. The van der Waals surface area contributed by atoms with E-state index in [1.807, 2.05) is 32.0 Å². The SMILES string of the molecule is Cc1cccc(C)c1NC(=O)COC(=O)c1cc(F)ccc1Br. The Hall–Kier alpha value is -2.21. The van der Waals surface area contributed by atoms with Crippen LogP contribution >= 0.6 is 15.9 Å². The zero-order chi connectivity index (χ0) is 17.0. The maximum atomic E-state index is 13.2. The Kier molecular flexibility index (Phi) is 5.50. The van der Waals surface area contributed by atoms with Crippen LogP contribution in [0.5, 0.6) is 0 Å². The van der Waals surface area contributed by atoms with Gasteiger partial charge in [-0.15, -0.1) is 0 Å². The van der Waals surface area contributed by atoms with Crippen LogP contribution in [0.4, 0.5) is 10.1 Å². The number of rotatable bonds is 4.